The highest BCUT2D eigenvalue weighted by molar-refractivity contribution is 4.46. The first-order valence-electron chi connectivity index (χ1n) is 12.0. The van der Waals surface area contributed by atoms with Crippen molar-refractivity contribution < 1.29 is 61.7 Å². The molecular weight excluding hydrogens is 586 g/mol. The number of nitrogens with zero attached hydrogens (tertiary/aromatic N) is 2. The minimum atomic E-state index is 0. The lowest BCUT2D eigenvalue weighted by Crippen LogP contribution is -3.00. The topological polar surface area (TPSA) is 9.23 Å². The van der Waals surface area contributed by atoms with Gasteiger partial charge in [0.05, 0.1) is 54.5 Å². The van der Waals surface area contributed by atoms with E-state index in [0.29, 0.717) is 0 Å². The zero-order chi connectivity index (χ0) is 20.4. The minimum Gasteiger partial charge on any atom is -1.00 e. The molecule has 0 fully saturated rings. The smallest absolute Gasteiger partial charge is 0.102 e. The summed E-state index contributed by atoms with van der Waals surface area (Å²) in [5, 5.41) is 0. The molecule has 180 valence electrons. The van der Waals surface area contributed by atoms with E-state index < -0.39 is 0 Å². The molecule has 0 aliphatic carbocycles. The van der Waals surface area contributed by atoms with Gasteiger partial charge in [0.15, 0.2) is 0 Å². The van der Waals surface area contributed by atoms with Crippen LogP contribution in [0.4, 0.5) is 0 Å². The highest BCUT2D eigenvalue weighted by atomic mass is 127. The fourth-order valence-electron chi connectivity index (χ4n) is 3.59. The van der Waals surface area contributed by atoms with Gasteiger partial charge in [-0.2, -0.15) is 0 Å². The van der Waals surface area contributed by atoms with Crippen LogP contribution < -0.4 is 48.0 Å². The van der Waals surface area contributed by atoms with Crippen LogP contribution in [0.15, 0.2) is 0 Å². The van der Waals surface area contributed by atoms with Gasteiger partial charge in [-0.05, 0) is 25.7 Å². The van der Waals surface area contributed by atoms with E-state index in [0.717, 1.165) is 35.3 Å². The van der Waals surface area contributed by atoms with E-state index in [2.05, 4.69) is 42.0 Å². The molecule has 0 N–H and O–H groups in total. The summed E-state index contributed by atoms with van der Waals surface area (Å²) in [7, 11) is 9.42. The lowest BCUT2D eigenvalue weighted by molar-refractivity contribution is -0.894. The molecule has 0 saturated carbocycles. The lowest BCUT2D eigenvalue weighted by Gasteiger charge is -2.31. The summed E-state index contributed by atoms with van der Waals surface area (Å²) in [4.78, 5) is 0. The number of rotatable bonds is 20. The molecule has 0 bridgehead atoms. The van der Waals surface area contributed by atoms with Gasteiger partial charge in [-0.3, -0.25) is 0 Å². The number of hydrogen-bond donors (Lipinski definition) is 0. The van der Waals surface area contributed by atoms with Gasteiger partial charge in [0, 0.05) is 0 Å². The molecule has 29 heavy (non-hydrogen) atoms. The van der Waals surface area contributed by atoms with Crippen molar-refractivity contribution >= 4 is 0 Å². The van der Waals surface area contributed by atoms with E-state index in [1.807, 2.05) is 0 Å². The predicted octanol–water partition coefficient (Wildman–Crippen LogP) is -0.115. The normalized spacial score (nSPS) is 11.8. The fraction of sp³-hybridized carbons (Fsp3) is 1.00. The molecule has 0 rings (SSSR count). The molecule has 3 nitrogen and oxygen atoms in total. The van der Waals surface area contributed by atoms with Crippen molar-refractivity contribution in [3.05, 3.63) is 0 Å². The summed E-state index contributed by atoms with van der Waals surface area (Å²) in [5.41, 5.74) is 0. The Balaban J connectivity index is -0.00000338. The third-order valence-electron chi connectivity index (χ3n) is 5.92. The van der Waals surface area contributed by atoms with E-state index in [4.69, 9.17) is 4.74 Å². The number of hydrogen-bond acceptors (Lipinski definition) is 1. The first-order chi connectivity index (χ1) is 12.8. The monoisotopic (exact) mass is 640 g/mol. The SMILES string of the molecule is CCCCCCCC[N+](C)(C)CCOCC[N+](C)(C)CCCCCCCC.[I-].[I-]. The second-order valence-electron chi connectivity index (χ2n) is 9.91. The summed E-state index contributed by atoms with van der Waals surface area (Å²) >= 11 is 0. The van der Waals surface area contributed by atoms with Crippen molar-refractivity contribution in [1.29, 1.82) is 0 Å². The van der Waals surface area contributed by atoms with Crippen LogP contribution in [0.25, 0.3) is 0 Å². The van der Waals surface area contributed by atoms with Gasteiger partial charge in [0.25, 0.3) is 0 Å². The molecule has 0 amide bonds. The molecule has 5 heteroatoms. The Kier molecular flexibility index (Phi) is 27.1. The van der Waals surface area contributed by atoms with E-state index in [-0.39, 0.29) is 48.0 Å². The highest BCUT2D eigenvalue weighted by Crippen LogP contribution is 2.09. The van der Waals surface area contributed by atoms with Crippen molar-refractivity contribution in [2.45, 2.75) is 90.9 Å². The largest absolute Gasteiger partial charge is 1.00 e. The molecular formula is C24H54I2N2O. The minimum absolute atomic E-state index is 0. The Morgan fingerprint density at radius 1 is 0.448 bits per heavy atom. The second kappa shape index (κ2) is 22.5. The van der Waals surface area contributed by atoms with Crippen LogP contribution in [0.1, 0.15) is 90.9 Å². The first-order valence-corrected chi connectivity index (χ1v) is 12.0. The third-order valence-corrected chi connectivity index (χ3v) is 5.92. The lowest BCUT2D eigenvalue weighted by atomic mass is 10.1. The quantitative estimate of drug-likeness (QED) is 0.103. The van der Waals surface area contributed by atoms with Crippen molar-refractivity contribution in [3.63, 3.8) is 0 Å². The summed E-state index contributed by atoms with van der Waals surface area (Å²) in [6.07, 6.45) is 16.7. The summed E-state index contributed by atoms with van der Waals surface area (Å²) < 4.78 is 8.19. The standard InChI is InChI=1S/C24H54N2O.2HI/c1-7-9-11-13-15-17-19-25(3,4)21-23-27-24-22-26(5,6)20-18-16-14-12-10-8-2;;/h7-24H2,1-6H3;2*1H/q+2;;/p-2. The molecule has 0 aromatic heterocycles. The number of ether oxygens (including phenoxy) is 1. The Labute approximate surface area is 218 Å². The first kappa shape index (κ1) is 34.9. The Morgan fingerprint density at radius 2 is 0.759 bits per heavy atom. The van der Waals surface area contributed by atoms with Crippen LogP contribution >= 0.6 is 0 Å². The maximum Gasteiger partial charge on any atom is 0.102 e. The summed E-state index contributed by atoms with van der Waals surface area (Å²) in [6.45, 7) is 11.2. The maximum absolute atomic E-state index is 5.99. The van der Waals surface area contributed by atoms with Crippen LogP contribution in [-0.2, 0) is 4.74 Å². The zero-order valence-electron chi connectivity index (χ0n) is 20.8. The number of halogens is 2. The van der Waals surface area contributed by atoms with Crippen molar-refractivity contribution in [3.8, 4) is 0 Å². The van der Waals surface area contributed by atoms with Crippen molar-refractivity contribution in [2.75, 3.05) is 67.6 Å². The number of unbranched alkanes of at least 4 members (excludes halogenated alkanes) is 10. The van der Waals surface area contributed by atoms with Gasteiger partial charge in [-0.15, -0.1) is 0 Å². The van der Waals surface area contributed by atoms with Gasteiger partial charge in [0.2, 0.25) is 0 Å². The van der Waals surface area contributed by atoms with Crippen LogP contribution in [0.2, 0.25) is 0 Å². The zero-order valence-corrected chi connectivity index (χ0v) is 25.1. The third kappa shape index (κ3) is 25.5. The summed E-state index contributed by atoms with van der Waals surface area (Å²) in [5.74, 6) is 0. The van der Waals surface area contributed by atoms with E-state index in [9.17, 15) is 0 Å². The van der Waals surface area contributed by atoms with E-state index in [1.165, 1.54) is 90.1 Å². The summed E-state index contributed by atoms with van der Waals surface area (Å²) in [6, 6.07) is 0. The Morgan fingerprint density at radius 3 is 1.10 bits per heavy atom. The molecule has 0 heterocycles. The van der Waals surface area contributed by atoms with Gasteiger partial charge in [-0.1, -0.05) is 65.2 Å². The van der Waals surface area contributed by atoms with Gasteiger partial charge in [0.1, 0.15) is 13.1 Å². The van der Waals surface area contributed by atoms with Crippen molar-refractivity contribution in [2.24, 2.45) is 0 Å². The maximum atomic E-state index is 5.99. The fourth-order valence-corrected chi connectivity index (χ4v) is 3.59. The molecule has 0 aliphatic rings. The van der Waals surface area contributed by atoms with Crippen LogP contribution in [0, 0.1) is 0 Å². The van der Waals surface area contributed by atoms with Crippen LogP contribution in [-0.4, -0.2) is 76.5 Å². The van der Waals surface area contributed by atoms with E-state index >= 15 is 0 Å². The molecule has 0 radical (unpaired) electrons. The molecule has 0 atom stereocenters. The van der Waals surface area contributed by atoms with Crippen LogP contribution in [0.3, 0.4) is 0 Å². The predicted molar refractivity (Wildman–Crippen MR) is 121 cm³/mol. The average molecular weight is 641 g/mol. The highest BCUT2D eigenvalue weighted by Gasteiger charge is 2.16. The van der Waals surface area contributed by atoms with Gasteiger partial charge < -0.3 is 61.7 Å². The molecule has 0 spiro atoms. The van der Waals surface area contributed by atoms with Gasteiger partial charge >= 0.3 is 0 Å². The van der Waals surface area contributed by atoms with Crippen LogP contribution in [0.5, 0.6) is 0 Å². The molecule has 0 aromatic rings. The second-order valence-corrected chi connectivity index (χ2v) is 9.91. The Bertz CT molecular complexity index is 296. The number of quaternary nitrogens is 2. The van der Waals surface area contributed by atoms with E-state index in [1.54, 1.807) is 0 Å². The van der Waals surface area contributed by atoms with Crippen molar-refractivity contribution in [1.82, 2.24) is 0 Å². The van der Waals surface area contributed by atoms with Gasteiger partial charge in [-0.25, -0.2) is 0 Å². The molecule has 0 aliphatic heterocycles. The molecule has 0 unspecified atom stereocenters. The molecule has 0 saturated heterocycles. The molecule has 0 aromatic carbocycles. The Hall–Kier alpha value is 1.34. The average Bonchev–Trinajstić information content (AvgIpc) is 2.60. The number of likely N-dealkylation sites (N-methyl/N-ethyl adjacent to an activating group) is 2.